The second-order valence-corrected chi connectivity index (χ2v) is 7.55. The Morgan fingerprint density at radius 1 is 1.13 bits per heavy atom. The van der Waals surface area contributed by atoms with E-state index in [0.29, 0.717) is 49.5 Å². The minimum Gasteiger partial charge on any atom is -0.408 e. The lowest BCUT2D eigenvalue weighted by atomic mass is 10.4. The summed E-state index contributed by atoms with van der Waals surface area (Å²) in [5, 5.41) is 8.43. The molecule has 0 spiro atoms. The van der Waals surface area contributed by atoms with Crippen molar-refractivity contribution in [1.82, 2.24) is 14.5 Å². The zero-order valence-corrected chi connectivity index (χ0v) is 14.2. The van der Waals surface area contributed by atoms with Crippen molar-refractivity contribution >= 4 is 27.6 Å². The van der Waals surface area contributed by atoms with Crippen LogP contribution in [0.3, 0.4) is 0 Å². The van der Waals surface area contributed by atoms with E-state index in [-0.39, 0.29) is 4.90 Å². The number of aryl methyl sites for hydroxylation is 1. The third kappa shape index (κ3) is 3.34. The molecule has 0 N–H and O–H groups in total. The van der Waals surface area contributed by atoms with Crippen LogP contribution in [-0.2, 0) is 16.4 Å². The Bertz CT molecular complexity index is 768. The lowest BCUT2D eigenvalue weighted by Gasteiger charge is -2.32. The Morgan fingerprint density at radius 3 is 2.35 bits per heavy atom. The minimum atomic E-state index is -3.50. The Morgan fingerprint density at radius 2 is 1.78 bits per heavy atom. The van der Waals surface area contributed by atoms with Gasteiger partial charge in [0.25, 0.3) is 0 Å². The van der Waals surface area contributed by atoms with Crippen LogP contribution in [0.1, 0.15) is 12.8 Å². The van der Waals surface area contributed by atoms with E-state index in [0.717, 1.165) is 0 Å². The monoisotopic (exact) mass is 356 g/mol. The van der Waals surface area contributed by atoms with Crippen LogP contribution in [0.25, 0.3) is 0 Å². The quantitative estimate of drug-likeness (QED) is 0.831. The molecule has 9 heteroatoms. The van der Waals surface area contributed by atoms with Gasteiger partial charge in [0.05, 0.1) is 4.90 Å². The average molecular weight is 357 g/mol. The molecular formula is C14H17ClN4O3S. The normalized spacial score (nSPS) is 16.7. The maximum Gasteiger partial charge on any atom is 0.318 e. The molecule has 0 radical (unpaired) electrons. The van der Waals surface area contributed by atoms with Crippen LogP contribution in [0.4, 0.5) is 6.01 Å². The van der Waals surface area contributed by atoms with Crippen molar-refractivity contribution in [3.8, 4) is 0 Å². The summed E-state index contributed by atoms with van der Waals surface area (Å²) in [4.78, 5) is 2.15. The first kappa shape index (κ1) is 16.2. The molecule has 2 aromatic rings. The second-order valence-electron chi connectivity index (χ2n) is 5.18. The van der Waals surface area contributed by atoms with E-state index >= 15 is 0 Å². The van der Waals surface area contributed by atoms with Crippen LogP contribution < -0.4 is 4.90 Å². The van der Waals surface area contributed by atoms with E-state index < -0.39 is 10.0 Å². The third-order valence-electron chi connectivity index (χ3n) is 3.72. The fourth-order valence-electron chi connectivity index (χ4n) is 2.39. The summed E-state index contributed by atoms with van der Waals surface area (Å²) in [6.07, 6.45) is 0.678. The molecule has 0 atom stereocenters. The van der Waals surface area contributed by atoms with Gasteiger partial charge >= 0.3 is 6.01 Å². The number of sulfonamides is 1. The summed E-state index contributed by atoms with van der Waals surface area (Å²) in [6.45, 7) is 3.70. The Labute approximate surface area is 139 Å². The van der Waals surface area contributed by atoms with Crippen LogP contribution in [0.5, 0.6) is 0 Å². The highest BCUT2D eigenvalue weighted by Gasteiger charge is 2.30. The molecule has 0 saturated carbocycles. The molecule has 0 amide bonds. The van der Waals surface area contributed by atoms with Crippen LogP contribution in [0, 0.1) is 0 Å². The third-order valence-corrected chi connectivity index (χ3v) is 5.88. The molecule has 7 nitrogen and oxygen atoms in total. The van der Waals surface area contributed by atoms with Gasteiger partial charge in [0.1, 0.15) is 0 Å². The number of hydrogen-bond donors (Lipinski definition) is 0. The number of piperazine rings is 1. The molecule has 1 fully saturated rings. The Hall–Kier alpha value is -1.64. The molecule has 2 heterocycles. The molecule has 1 saturated heterocycles. The number of benzene rings is 1. The highest BCUT2D eigenvalue weighted by molar-refractivity contribution is 7.89. The van der Waals surface area contributed by atoms with Gasteiger partial charge in [-0.05, 0) is 24.3 Å². The SMILES string of the molecule is CCc1nnc(N2CCN(S(=O)(=O)c3ccc(Cl)cc3)CC2)o1. The number of halogens is 1. The van der Waals surface area contributed by atoms with E-state index in [1.165, 1.54) is 16.4 Å². The fraction of sp³-hybridized carbons (Fsp3) is 0.429. The zero-order valence-electron chi connectivity index (χ0n) is 12.6. The van der Waals surface area contributed by atoms with Gasteiger partial charge in [-0.25, -0.2) is 8.42 Å². The first-order valence-corrected chi connectivity index (χ1v) is 9.15. The zero-order chi connectivity index (χ0) is 16.4. The molecule has 3 rings (SSSR count). The van der Waals surface area contributed by atoms with E-state index in [1.54, 1.807) is 12.1 Å². The van der Waals surface area contributed by atoms with Crippen LogP contribution >= 0.6 is 11.6 Å². The first-order chi connectivity index (χ1) is 11.0. The topological polar surface area (TPSA) is 79.5 Å². The van der Waals surface area contributed by atoms with Gasteiger partial charge < -0.3 is 9.32 Å². The maximum absolute atomic E-state index is 12.6. The summed E-state index contributed by atoms with van der Waals surface area (Å²) < 4.78 is 32.2. The van der Waals surface area contributed by atoms with Crippen molar-refractivity contribution in [2.24, 2.45) is 0 Å². The minimum absolute atomic E-state index is 0.251. The van der Waals surface area contributed by atoms with Crippen molar-refractivity contribution in [3.63, 3.8) is 0 Å². The van der Waals surface area contributed by atoms with Crippen molar-refractivity contribution in [1.29, 1.82) is 0 Å². The van der Waals surface area contributed by atoms with Crippen LogP contribution in [0.2, 0.25) is 5.02 Å². The maximum atomic E-state index is 12.6. The second kappa shape index (κ2) is 6.46. The van der Waals surface area contributed by atoms with E-state index in [9.17, 15) is 8.42 Å². The summed E-state index contributed by atoms with van der Waals surface area (Å²) in [5.74, 6) is 0.580. The van der Waals surface area contributed by atoms with Crippen molar-refractivity contribution in [2.75, 3.05) is 31.1 Å². The lowest BCUT2D eigenvalue weighted by molar-refractivity contribution is 0.369. The Kier molecular flexibility index (Phi) is 4.56. The molecule has 1 aromatic carbocycles. The standard InChI is InChI=1S/C14H17ClN4O3S/c1-2-13-16-17-14(22-13)18-7-9-19(10-8-18)23(20,21)12-5-3-11(15)4-6-12/h3-6H,2,7-10H2,1H3. The predicted octanol–water partition coefficient (Wildman–Crippen LogP) is 1.80. The van der Waals surface area contributed by atoms with Crippen LogP contribution in [0.15, 0.2) is 33.6 Å². The van der Waals surface area contributed by atoms with Gasteiger partial charge in [-0.2, -0.15) is 4.31 Å². The highest BCUT2D eigenvalue weighted by atomic mass is 35.5. The highest BCUT2D eigenvalue weighted by Crippen LogP contribution is 2.21. The van der Waals surface area contributed by atoms with Crippen molar-refractivity contribution in [3.05, 3.63) is 35.2 Å². The summed E-state index contributed by atoms with van der Waals surface area (Å²) >= 11 is 5.81. The van der Waals surface area contributed by atoms with E-state index in [2.05, 4.69) is 10.2 Å². The molecule has 0 aliphatic carbocycles. The molecular weight excluding hydrogens is 340 g/mol. The van der Waals surface area contributed by atoms with Crippen molar-refractivity contribution in [2.45, 2.75) is 18.2 Å². The van der Waals surface area contributed by atoms with Gasteiger partial charge in [0, 0.05) is 37.6 Å². The molecule has 0 bridgehead atoms. The van der Waals surface area contributed by atoms with Gasteiger partial charge in [0.15, 0.2) is 0 Å². The molecule has 1 aliphatic rings. The summed E-state index contributed by atoms with van der Waals surface area (Å²) in [5.41, 5.74) is 0. The number of rotatable bonds is 4. The number of anilines is 1. The van der Waals surface area contributed by atoms with Crippen LogP contribution in [-0.4, -0.2) is 49.1 Å². The predicted molar refractivity (Wildman–Crippen MR) is 86.1 cm³/mol. The van der Waals surface area contributed by atoms with Crippen molar-refractivity contribution < 1.29 is 12.8 Å². The smallest absolute Gasteiger partial charge is 0.318 e. The summed E-state index contributed by atoms with van der Waals surface area (Å²) in [7, 11) is -3.50. The average Bonchev–Trinajstić information content (AvgIpc) is 3.04. The van der Waals surface area contributed by atoms with E-state index in [4.69, 9.17) is 16.0 Å². The Balaban J connectivity index is 1.69. The summed E-state index contributed by atoms with van der Waals surface area (Å²) in [6, 6.07) is 6.65. The van der Waals surface area contributed by atoms with Gasteiger partial charge in [-0.15, -0.1) is 5.10 Å². The largest absolute Gasteiger partial charge is 0.408 e. The number of aromatic nitrogens is 2. The van der Waals surface area contributed by atoms with Gasteiger partial charge in [-0.1, -0.05) is 23.6 Å². The number of hydrogen-bond acceptors (Lipinski definition) is 6. The lowest BCUT2D eigenvalue weighted by Crippen LogP contribution is -2.48. The van der Waals surface area contributed by atoms with Gasteiger partial charge in [-0.3, -0.25) is 0 Å². The first-order valence-electron chi connectivity index (χ1n) is 7.34. The van der Waals surface area contributed by atoms with Gasteiger partial charge in [0.2, 0.25) is 15.9 Å². The number of nitrogens with zero attached hydrogens (tertiary/aromatic N) is 4. The molecule has 1 aromatic heterocycles. The fourth-order valence-corrected chi connectivity index (χ4v) is 3.94. The molecule has 0 unspecified atom stereocenters. The molecule has 23 heavy (non-hydrogen) atoms. The van der Waals surface area contributed by atoms with E-state index in [1.807, 2.05) is 11.8 Å². The molecule has 124 valence electrons. The molecule has 1 aliphatic heterocycles.